The van der Waals surface area contributed by atoms with Crippen LogP contribution >= 0.6 is 0 Å². The van der Waals surface area contributed by atoms with Gasteiger partial charge in [0.2, 0.25) is 0 Å². The molecule has 100 valence electrons. The van der Waals surface area contributed by atoms with E-state index in [1.54, 1.807) is 0 Å². The van der Waals surface area contributed by atoms with Crippen LogP contribution in [0.5, 0.6) is 0 Å². The number of rotatable bonds is 6. The van der Waals surface area contributed by atoms with E-state index in [-0.39, 0.29) is 6.61 Å². The van der Waals surface area contributed by atoms with Crippen molar-refractivity contribution in [2.24, 2.45) is 5.92 Å². The lowest BCUT2D eigenvalue weighted by Gasteiger charge is -2.35. The van der Waals surface area contributed by atoms with Gasteiger partial charge in [-0.3, -0.25) is 10.1 Å². The molecule has 1 aliphatic rings. The fraction of sp³-hybridized carbons (Fsp3) is 0.917. The largest absolute Gasteiger partial charge is 0.480 e. The van der Waals surface area contributed by atoms with Crippen molar-refractivity contribution in [3.63, 3.8) is 0 Å². The average molecular weight is 245 g/mol. The third-order valence-electron chi connectivity index (χ3n) is 3.51. The summed E-state index contributed by atoms with van der Waals surface area (Å²) in [5.74, 6) is -0.288. The molecule has 0 saturated heterocycles. The Labute approximate surface area is 102 Å². The van der Waals surface area contributed by atoms with Crippen LogP contribution in [0.3, 0.4) is 0 Å². The van der Waals surface area contributed by atoms with Crippen molar-refractivity contribution < 1.29 is 19.7 Å². The summed E-state index contributed by atoms with van der Waals surface area (Å²) >= 11 is 0. The van der Waals surface area contributed by atoms with Crippen molar-refractivity contribution in [2.45, 2.75) is 44.2 Å². The van der Waals surface area contributed by atoms with E-state index in [1.807, 2.05) is 0 Å². The monoisotopic (exact) mass is 245 g/mol. The minimum atomic E-state index is -0.945. The Bertz CT molecular complexity index is 249. The number of aliphatic hydroxyl groups is 1. The maximum atomic E-state index is 10.9. The van der Waals surface area contributed by atoms with Crippen LogP contribution in [0.15, 0.2) is 0 Å². The van der Waals surface area contributed by atoms with Crippen LogP contribution in [0, 0.1) is 5.92 Å². The van der Waals surface area contributed by atoms with Crippen molar-refractivity contribution in [1.29, 1.82) is 0 Å². The van der Waals surface area contributed by atoms with E-state index < -0.39 is 17.6 Å². The van der Waals surface area contributed by atoms with Gasteiger partial charge in [-0.1, -0.05) is 6.92 Å². The molecule has 0 amide bonds. The standard InChI is InChI=1S/C12H23NO4/c1-9-3-5-12(16,6-4-9)8-13-10(7-17-2)11(14)15/h9-10,13,16H,3-8H2,1-2H3,(H,14,15). The highest BCUT2D eigenvalue weighted by atomic mass is 16.5. The van der Waals surface area contributed by atoms with E-state index >= 15 is 0 Å². The van der Waals surface area contributed by atoms with Crippen LogP contribution in [-0.4, -0.2) is 48.1 Å². The molecule has 5 nitrogen and oxygen atoms in total. The van der Waals surface area contributed by atoms with Gasteiger partial charge < -0.3 is 14.9 Å². The molecule has 0 aliphatic heterocycles. The summed E-state index contributed by atoms with van der Waals surface area (Å²) in [5, 5.41) is 22.1. The Kier molecular flexibility index (Phi) is 5.36. The van der Waals surface area contributed by atoms with E-state index in [2.05, 4.69) is 12.2 Å². The molecule has 1 rings (SSSR count). The van der Waals surface area contributed by atoms with Crippen LogP contribution in [0.1, 0.15) is 32.6 Å². The predicted octanol–water partition coefficient (Wildman–Crippen LogP) is 0.617. The zero-order chi connectivity index (χ0) is 12.9. The zero-order valence-corrected chi connectivity index (χ0v) is 10.6. The molecule has 0 aromatic carbocycles. The third kappa shape index (κ3) is 4.61. The number of methoxy groups -OCH3 is 1. The summed E-state index contributed by atoms with van der Waals surface area (Å²) in [6.07, 6.45) is 3.47. The Morgan fingerprint density at radius 3 is 2.59 bits per heavy atom. The predicted molar refractivity (Wildman–Crippen MR) is 63.9 cm³/mol. The number of hydrogen-bond donors (Lipinski definition) is 3. The molecule has 1 atom stereocenters. The summed E-state index contributed by atoms with van der Waals surface area (Å²) in [7, 11) is 1.47. The third-order valence-corrected chi connectivity index (χ3v) is 3.51. The van der Waals surface area contributed by atoms with Crippen molar-refractivity contribution in [2.75, 3.05) is 20.3 Å². The van der Waals surface area contributed by atoms with Gasteiger partial charge in [-0.2, -0.15) is 0 Å². The van der Waals surface area contributed by atoms with E-state index in [4.69, 9.17) is 9.84 Å². The molecule has 17 heavy (non-hydrogen) atoms. The Morgan fingerprint density at radius 1 is 1.53 bits per heavy atom. The van der Waals surface area contributed by atoms with Crippen LogP contribution in [0.2, 0.25) is 0 Å². The normalized spacial score (nSPS) is 31.1. The first-order chi connectivity index (χ1) is 7.97. The summed E-state index contributed by atoms with van der Waals surface area (Å²) in [6, 6.07) is -0.747. The van der Waals surface area contributed by atoms with Crippen molar-refractivity contribution in [3.05, 3.63) is 0 Å². The number of aliphatic carboxylic acids is 1. The highest BCUT2D eigenvalue weighted by Crippen LogP contribution is 2.31. The van der Waals surface area contributed by atoms with Gasteiger partial charge in [0.25, 0.3) is 0 Å². The topological polar surface area (TPSA) is 78.8 Å². The van der Waals surface area contributed by atoms with Crippen LogP contribution < -0.4 is 5.32 Å². The maximum absolute atomic E-state index is 10.9. The first-order valence-electron chi connectivity index (χ1n) is 6.14. The lowest BCUT2D eigenvalue weighted by atomic mass is 9.79. The van der Waals surface area contributed by atoms with Gasteiger partial charge in [0.1, 0.15) is 6.04 Å². The number of carboxylic acid groups (broad SMARTS) is 1. The molecule has 0 aromatic rings. The van der Waals surface area contributed by atoms with Gasteiger partial charge in [0, 0.05) is 13.7 Å². The quantitative estimate of drug-likeness (QED) is 0.639. The van der Waals surface area contributed by atoms with Crippen LogP contribution in [0.4, 0.5) is 0 Å². The lowest BCUT2D eigenvalue weighted by molar-refractivity contribution is -0.141. The van der Waals surface area contributed by atoms with Gasteiger partial charge in [-0.15, -0.1) is 0 Å². The highest BCUT2D eigenvalue weighted by molar-refractivity contribution is 5.73. The molecule has 0 bridgehead atoms. The molecule has 1 saturated carbocycles. The van der Waals surface area contributed by atoms with Gasteiger partial charge in [-0.25, -0.2) is 0 Å². The van der Waals surface area contributed by atoms with Crippen LogP contribution in [-0.2, 0) is 9.53 Å². The Hall–Kier alpha value is -0.650. The SMILES string of the molecule is COCC(NCC1(O)CCC(C)CC1)C(=O)O. The summed E-state index contributed by atoms with van der Waals surface area (Å²) in [5.41, 5.74) is -0.756. The first-order valence-corrected chi connectivity index (χ1v) is 6.14. The smallest absolute Gasteiger partial charge is 0.323 e. The van der Waals surface area contributed by atoms with Crippen LogP contribution in [0.25, 0.3) is 0 Å². The molecule has 1 fully saturated rings. The summed E-state index contributed by atoms with van der Waals surface area (Å²) in [6.45, 7) is 2.61. The number of nitrogens with one attached hydrogen (secondary N) is 1. The van der Waals surface area contributed by atoms with Crippen molar-refractivity contribution in [3.8, 4) is 0 Å². The van der Waals surface area contributed by atoms with Gasteiger partial charge >= 0.3 is 5.97 Å². The van der Waals surface area contributed by atoms with Gasteiger partial charge in [-0.05, 0) is 31.6 Å². The molecule has 0 spiro atoms. The molecule has 0 radical (unpaired) electrons. The van der Waals surface area contributed by atoms with Gasteiger partial charge in [0.05, 0.1) is 12.2 Å². The Balaban J connectivity index is 2.39. The minimum absolute atomic E-state index is 0.113. The maximum Gasteiger partial charge on any atom is 0.323 e. The van der Waals surface area contributed by atoms with E-state index in [0.29, 0.717) is 12.5 Å². The zero-order valence-electron chi connectivity index (χ0n) is 10.6. The van der Waals surface area contributed by atoms with Crippen molar-refractivity contribution in [1.82, 2.24) is 5.32 Å². The summed E-state index contributed by atoms with van der Waals surface area (Å²) < 4.78 is 4.83. The molecule has 0 heterocycles. The number of carbonyl (C=O) groups is 1. The molecule has 5 heteroatoms. The second-order valence-electron chi connectivity index (χ2n) is 5.13. The molecule has 0 aromatic heterocycles. The fourth-order valence-corrected chi connectivity index (χ4v) is 2.17. The van der Waals surface area contributed by atoms with Gasteiger partial charge in [0.15, 0.2) is 0 Å². The fourth-order valence-electron chi connectivity index (χ4n) is 2.17. The molecule has 1 unspecified atom stereocenters. The van der Waals surface area contributed by atoms with Crippen molar-refractivity contribution >= 4 is 5.97 Å². The molecular weight excluding hydrogens is 222 g/mol. The van der Waals surface area contributed by atoms with E-state index in [0.717, 1.165) is 25.7 Å². The van der Waals surface area contributed by atoms with E-state index in [1.165, 1.54) is 7.11 Å². The molecular formula is C12H23NO4. The number of carboxylic acids is 1. The highest BCUT2D eigenvalue weighted by Gasteiger charge is 2.32. The molecule has 1 aliphatic carbocycles. The second-order valence-corrected chi connectivity index (χ2v) is 5.13. The van der Waals surface area contributed by atoms with E-state index in [9.17, 15) is 9.90 Å². The Morgan fingerprint density at radius 2 is 2.12 bits per heavy atom. The lowest BCUT2D eigenvalue weighted by Crippen LogP contribution is -2.50. The minimum Gasteiger partial charge on any atom is -0.480 e. The number of ether oxygens (including phenoxy) is 1. The number of hydrogen-bond acceptors (Lipinski definition) is 4. The molecule has 3 N–H and O–H groups in total. The second kappa shape index (κ2) is 6.33. The first kappa shape index (κ1) is 14.4. The average Bonchev–Trinajstić information content (AvgIpc) is 2.28. The summed E-state index contributed by atoms with van der Waals surface area (Å²) in [4.78, 5) is 10.9.